The van der Waals surface area contributed by atoms with Crippen LogP contribution in [0.1, 0.15) is 29.8 Å². The van der Waals surface area contributed by atoms with Crippen molar-refractivity contribution < 1.29 is 4.74 Å². The Labute approximate surface area is 166 Å². The van der Waals surface area contributed by atoms with Crippen molar-refractivity contribution in [3.05, 3.63) is 46.2 Å². The first-order chi connectivity index (χ1) is 13.0. The Morgan fingerprint density at radius 2 is 2.04 bits per heavy atom. The number of ether oxygens (including phenoxy) is 1. The van der Waals surface area contributed by atoms with E-state index < -0.39 is 0 Å². The summed E-state index contributed by atoms with van der Waals surface area (Å²) in [5, 5.41) is 4.61. The molecule has 1 fully saturated rings. The topological polar surface area (TPSA) is 86.0 Å². The molecule has 1 aromatic carbocycles. The maximum absolute atomic E-state index is 6.41. The van der Waals surface area contributed by atoms with Crippen LogP contribution >= 0.6 is 22.9 Å². The minimum absolute atomic E-state index is 0.235. The number of benzene rings is 1. The van der Waals surface area contributed by atoms with Gasteiger partial charge >= 0.3 is 0 Å². The number of hydrogen-bond donors (Lipinski definition) is 2. The first-order valence-corrected chi connectivity index (χ1v) is 9.87. The Balaban J connectivity index is 1.62. The molecule has 0 saturated heterocycles. The molecule has 6 nitrogen and oxygen atoms in total. The van der Waals surface area contributed by atoms with Gasteiger partial charge in [-0.05, 0) is 49.4 Å². The lowest BCUT2D eigenvalue weighted by molar-refractivity contribution is 0.253. The number of nitrogens with zero attached hydrogens (tertiary/aromatic N) is 3. The van der Waals surface area contributed by atoms with Crippen molar-refractivity contribution in [2.75, 3.05) is 12.4 Å². The van der Waals surface area contributed by atoms with Crippen LogP contribution in [0, 0.1) is 6.92 Å². The average molecular weight is 402 g/mol. The third kappa shape index (κ3) is 3.63. The van der Waals surface area contributed by atoms with E-state index in [2.05, 4.69) is 39.3 Å². The molecule has 1 aliphatic rings. The molecule has 1 saturated carbocycles. The number of thiazole rings is 1. The largest absolute Gasteiger partial charge is 0.480 e. The van der Waals surface area contributed by atoms with Gasteiger partial charge in [0.2, 0.25) is 11.8 Å². The van der Waals surface area contributed by atoms with Crippen LogP contribution in [0.4, 0.5) is 11.6 Å². The Bertz CT molecular complexity index is 986. The molecule has 27 heavy (non-hydrogen) atoms. The summed E-state index contributed by atoms with van der Waals surface area (Å²) < 4.78 is 5.15. The van der Waals surface area contributed by atoms with Crippen LogP contribution in [0.3, 0.4) is 0 Å². The van der Waals surface area contributed by atoms with Crippen molar-refractivity contribution in [3.8, 4) is 16.3 Å². The number of methoxy groups -OCH3 is 1. The molecule has 0 amide bonds. The van der Waals surface area contributed by atoms with Gasteiger partial charge < -0.3 is 15.8 Å². The summed E-state index contributed by atoms with van der Waals surface area (Å²) in [6.07, 6.45) is 6.62. The normalized spacial score (nSPS) is 15.3. The lowest BCUT2D eigenvalue weighted by atomic mass is 9.78. The van der Waals surface area contributed by atoms with Gasteiger partial charge in [0.05, 0.1) is 23.7 Å². The number of nitrogens with two attached hydrogens (primary N) is 1. The number of nitrogens with one attached hydrogen (secondary N) is 1. The second kappa shape index (κ2) is 7.07. The summed E-state index contributed by atoms with van der Waals surface area (Å²) in [5.41, 5.74) is 9.27. The van der Waals surface area contributed by atoms with E-state index in [1.54, 1.807) is 11.3 Å². The van der Waals surface area contributed by atoms with Crippen molar-refractivity contribution in [3.63, 3.8) is 0 Å². The van der Waals surface area contributed by atoms with Gasteiger partial charge in [-0.2, -0.15) is 4.98 Å². The standard InChI is InChI=1S/C19H20ClN5OS/c1-11-6-12(15-10-22-17(27-15)19(21)4-3-5-19)8-13(7-11)24-18-23-9-14(20)16(25-18)26-2/h6-10H,3-5,21H2,1-2H3,(H,23,24,25). The van der Waals surface area contributed by atoms with E-state index >= 15 is 0 Å². The Morgan fingerprint density at radius 1 is 1.22 bits per heavy atom. The molecule has 0 atom stereocenters. The molecule has 8 heteroatoms. The molecule has 140 valence electrons. The second-order valence-electron chi connectivity index (χ2n) is 6.80. The predicted molar refractivity (Wildman–Crippen MR) is 109 cm³/mol. The number of halogens is 1. The fourth-order valence-electron chi connectivity index (χ4n) is 3.09. The van der Waals surface area contributed by atoms with E-state index in [-0.39, 0.29) is 5.54 Å². The zero-order valence-corrected chi connectivity index (χ0v) is 16.7. The molecule has 1 aliphatic carbocycles. The highest BCUT2D eigenvalue weighted by Crippen LogP contribution is 2.42. The average Bonchev–Trinajstić information content (AvgIpc) is 3.11. The highest BCUT2D eigenvalue weighted by atomic mass is 35.5. The van der Waals surface area contributed by atoms with Gasteiger partial charge in [0.15, 0.2) is 0 Å². The zero-order chi connectivity index (χ0) is 19.0. The highest BCUT2D eigenvalue weighted by Gasteiger charge is 2.37. The van der Waals surface area contributed by atoms with Gasteiger partial charge in [-0.25, -0.2) is 9.97 Å². The SMILES string of the molecule is COc1nc(Nc2cc(C)cc(-c3cnc(C4(N)CCC4)s3)c2)ncc1Cl. The van der Waals surface area contributed by atoms with Crippen LogP contribution in [0.15, 0.2) is 30.6 Å². The number of anilines is 2. The predicted octanol–water partition coefficient (Wildman–Crippen LogP) is 4.65. The lowest BCUT2D eigenvalue weighted by Gasteiger charge is -2.35. The molecule has 2 aromatic heterocycles. The summed E-state index contributed by atoms with van der Waals surface area (Å²) in [4.78, 5) is 14.2. The Morgan fingerprint density at radius 3 is 2.74 bits per heavy atom. The van der Waals surface area contributed by atoms with Crippen molar-refractivity contribution in [1.29, 1.82) is 0 Å². The summed E-state index contributed by atoms with van der Waals surface area (Å²) in [5.74, 6) is 0.760. The fraction of sp³-hybridized carbons (Fsp3) is 0.316. The number of hydrogen-bond acceptors (Lipinski definition) is 7. The quantitative estimate of drug-likeness (QED) is 0.647. The molecule has 3 N–H and O–H groups in total. The third-order valence-corrected chi connectivity index (χ3v) is 6.23. The summed E-state index contributed by atoms with van der Waals surface area (Å²) in [6.45, 7) is 2.05. The van der Waals surface area contributed by atoms with Crippen molar-refractivity contribution >= 4 is 34.6 Å². The van der Waals surface area contributed by atoms with Crippen LogP contribution < -0.4 is 15.8 Å². The summed E-state index contributed by atoms with van der Waals surface area (Å²) >= 11 is 7.66. The van der Waals surface area contributed by atoms with E-state index in [9.17, 15) is 0 Å². The molecule has 0 radical (unpaired) electrons. The van der Waals surface area contributed by atoms with Gasteiger partial charge in [-0.15, -0.1) is 11.3 Å². The molecule has 0 spiro atoms. The summed E-state index contributed by atoms with van der Waals surface area (Å²) in [6, 6.07) is 6.22. The molecule has 0 unspecified atom stereocenters. The molecular formula is C19H20ClN5OS. The van der Waals surface area contributed by atoms with Crippen molar-refractivity contribution in [2.24, 2.45) is 5.73 Å². The summed E-state index contributed by atoms with van der Waals surface area (Å²) in [7, 11) is 1.52. The third-order valence-electron chi connectivity index (χ3n) is 4.70. The fourth-order valence-corrected chi connectivity index (χ4v) is 4.32. The molecule has 4 rings (SSSR count). The monoisotopic (exact) mass is 401 g/mol. The molecule has 3 aromatic rings. The van der Waals surface area contributed by atoms with Gasteiger partial charge in [0, 0.05) is 11.9 Å². The highest BCUT2D eigenvalue weighted by molar-refractivity contribution is 7.15. The van der Waals surface area contributed by atoms with E-state index in [1.807, 2.05) is 12.3 Å². The van der Waals surface area contributed by atoms with Crippen molar-refractivity contribution in [1.82, 2.24) is 15.0 Å². The van der Waals surface area contributed by atoms with Crippen molar-refractivity contribution in [2.45, 2.75) is 31.7 Å². The number of aromatic nitrogens is 3. The van der Waals surface area contributed by atoms with Gasteiger partial charge in [0.25, 0.3) is 0 Å². The van der Waals surface area contributed by atoms with Crippen LogP contribution in [0.5, 0.6) is 5.88 Å². The minimum Gasteiger partial charge on any atom is -0.480 e. The molecule has 2 heterocycles. The van der Waals surface area contributed by atoms with Gasteiger partial charge in [-0.1, -0.05) is 17.7 Å². The van der Waals surface area contributed by atoms with Gasteiger partial charge in [0.1, 0.15) is 10.0 Å². The first-order valence-electron chi connectivity index (χ1n) is 8.68. The smallest absolute Gasteiger partial charge is 0.237 e. The van der Waals surface area contributed by atoms with Crippen LogP contribution in [0.2, 0.25) is 5.02 Å². The molecule has 0 aliphatic heterocycles. The Hall–Kier alpha value is -2.22. The second-order valence-corrected chi connectivity index (χ2v) is 8.24. The van der Waals surface area contributed by atoms with E-state index in [0.717, 1.165) is 39.5 Å². The maximum Gasteiger partial charge on any atom is 0.237 e. The van der Waals surface area contributed by atoms with Crippen LogP contribution in [0.25, 0.3) is 10.4 Å². The lowest BCUT2D eigenvalue weighted by Crippen LogP contribution is -2.43. The van der Waals surface area contributed by atoms with E-state index in [1.165, 1.54) is 19.7 Å². The Kier molecular flexibility index (Phi) is 4.75. The molecular weight excluding hydrogens is 382 g/mol. The number of rotatable bonds is 5. The first kappa shape index (κ1) is 18.2. The minimum atomic E-state index is -0.235. The zero-order valence-electron chi connectivity index (χ0n) is 15.1. The molecule has 0 bridgehead atoms. The van der Waals surface area contributed by atoms with E-state index in [4.69, 9.17) is 22.1 Å². The van der Waals surface area contributed by atoms with Crippen LogP contribution in [-0.4, -0.2) is 22.1 Å². The van der Waals surface area contributed by atoms with Gasteiger partial charge in [-0.3, -0.25) is 0 Å². The maximum atomic E-state index is 6.41. The van der Waals surface area contributed by atoms with Crippen LogP contribution in [-0.2, 0) is 5.54 Å². The van der Waals surface area contributed by atoms with E-state index in [0.29, 0.717) is 16.9 Å². The number of aryl methyl sites for hydroxylation is 1.